The molecule has 2 aromatic carbocycles. The molecule has 3 aromatic rings. The van der Waals surface area contributed by atoms with Crippen molar-refractivity contribution in [1.82, 2.24) is 4.98 Å². The molecule has 9 heteroatoms. The zero-order chi connectivity index (χ0) is 22.5. The van der Waals surface area contributed by atoms with Crippen LogP contribution in [0.3, 0.4) is 0 Å². The van der Waals surface area contributed by atoms with Gasteiger partial charge in [-0.25, -0.2) is 4.98 Å². The third-order valence-corrected chi connectivity index (χ3v) is 5.71. The van der Waals surface area contributed by atoms with Crippen LogP contribution >= 0.6 is 22.9 Å². The van der Waals surface area contributed by atoms with Crippen molar-refractivity contribution in [1.29, 1.82) is 0 Å². The van der Waals surface area contributed by atoms with Gasteiger partial charge in [0.1, 0.15) is 11.5 Å². The van der Waals surface area contributed by atoms with Gasteiger partial charge in [0.25, 0.3) is 0 Å². The Hall–Kier alpha value is -3.23. The summed E-state index contributed by atoms with van der Waals surface area (Å²) in [6.07, 6.45) is 3.87. The monoisotopic (exact) mass is 472 g/mol. The van der Waals surface area contributed by atoms with Crippen LogP contribution in [0.15, 0.2) is 41.8 Å². The van der Waals surface area contributed by atoms with Crippen LogP contribution in [0.4, 0.5) is 5.13 Å². The van der Waals surface area contributed by atoms with Gasteiger partial charge in [-0.1, -0.05) is 11.6 Å². The molecule has 0 spiro atoms. The number of benzene rings is 2. The van der Waals surface area contributed by atoms with E-state index >= 15 is 0 Å². The molecule has 0 fully saturated rings. The molecule has 0 saturated carbocycles. The highest BCUT2D eigenvalue weighted by atomic mass is 35.5. The molecule has 0 aliphatic carbocycles. The largest absolute Gasteiger partial charge is 0.497 e. The highest BCUT2D eigenvalue weighted by Gasteiger charge is 2.15. The first-order valence-electron chi connectivity index (χ1n) is 9.83. The Labute approximate surface area is 194 Å². The van der Waals surface area contributed by atoms with Crippen LogP contribution in [0.2, 0.25) is 5.02 Å². The molecular weight excluding hydrogens is 452 g/mol. The Balaban J connectivity index is 1.46. The summed E-state index contributed by atoms with van der Waals surface area (Å²) >= 11 is 7.63. The lowest BCUT2D eigenvalue weighted by atomic mass is 10.1. The van der Waals surface area contributed by atoms with Crippen molar-refractivity contribution in [2.24, 2.45) is 0 Å². The maximum absolute atomic E-state index is 12.4. The highest BCUT2D eigenvalue weighted by molar-refractivity contribution is 7.14. The number of aromatic nitrogens is 1. The number of amides is 1. The lowest BCUT2D eigenvalue weighted by Gasteiger charge is -2.09. The summed E-state index contributed by atoms with van der Waals surface area (Å²) in [5, 5.41) is 5.55. The van der Waals surface area contributed by atoms with Crippen LogP contribution < -0.4 is 24.3 Å². The summed E-state index contributed by atoms with van der Waals surface area (Å²) in [5.41, 5.74) is 2.24. The Bertz CT molecular complexity index is 1160. The van der Waals surface area contributed by atoms with E-state index in [1.54, 1.807) is 38.5 Å². The molecule has 0 atom stereocenters. The minimum Gasteiger partial charge on any atom is -0.497 e. The molecule has 1 aromatic heterocycles. The summed E-state index contributed by atoms with van der Waals surface area (Å²) in [7, 11) is 3.18. The van der Waals surface area contributed by atoms with Crippen molar-refractivity contribution in [3.63, 3.8) is 0 Å². The molecule has 2 heterocycles. The summed E-state index contributed by atoms with van der Waals surface area (Å²) in [5.74, 6) is 2.13. The molecule has 1 aliphatic heterocycles. The van der Waals surface area contributed by atoms with Crippen LogP contribution in [-0.4, -0.2) is 38.3 Å². The van der Waals surface area contributed by atoms with E-state index in [0.29, 0.717) is 52.1 Å². The van der Waals surface area contributed by atoms with Crippen LogP contribution in [0.5, 0.6) is 23.0 Å². The summed E-state index contributed by atoms with van der Waals surface area (Å²) < 4.78 is 22.0. The van der Waals surface area contributed by atoms with Gasteiger partial charge >= 0.3 is 0 Å². The predicted octanol–water partition coefficient (Wildman–Crippen LogP) is 5.29. The number of rotatable bonds is 6. The molecular formula is C23H21ClN2O5S. The van der Waals surface area contributed by atoms with Gasteiger partial charge in [-0.2, -0.15) is 0 Å². The second-order valence-corrected chi connectivity index (χ2v) is 8.07. The van der Waals surface area contributed by atoms with Crippen molar-refractivity contribution in [3.05, 3.63) is 52.4 Å². The number of thiazole rings is 1. The topological polar surface area (TPSA) is 78.9 Å². The van der Waals surface area contributed by atoms with E-state index < -0.39 is 0 Å². The van der Waals surface area contributed by atoms with Crippen LogP contribution in [0.1, 0.15) is 12.0 Å². The molecule has 0 unspecified atom stereocenters. The van der Waals surface area contributed by atoms with E-state index in [2.05, 4.69) is 10.3 Å². The molecule has 1 amide bonds. The molecule has 4 rings (SSSR count). The van der Waals surface area contributed by atoms with Crippen molar-refractivity contribution in [2.75, 3.05) is 32.8 Å². The van der Waals surface area contributed by atoms with Crippen LogP contribution in [-0.2, 0) is 4.79 Å². The van der Waals surface area contributed by atoms with Gasteiger partial charge in [0.15, 0.2) is 16.6 Å². The van der Waals surface area contributed by atoms with E-state index in [4.69, 9.17) is 30.5 Å². The zero-order valence-corrected chi connectivity index (χ0v) is 19.1. The quantitative estimate of drug-likeness (QED) is 0.491. The second-order valence-electron chi connectivity index (χ2n) is 6.81. The molecule has 32 heavy (non-hydrogen) atoms. The van der Waals surface area contributed by atoms with Gasteiger partial charge in [-0.15, -0.1) is 11.3 Å². The van der Waals surface area contributed by atoms with Gasteiger partial charge < -0.3 is 18.9 Å². The third kappa shape index (κ3) is 4.98. The minimum atomic E-state index is -0.309. The predicted molar refractivity (Wildman–Crippen MR) is 125 cm³/mol. The van der Waals surface area contributed by atoms with Gasteiger partial charge in [0, 0.05) is 29.5 Å². The summed E-state index contributed by atoms with van der Waals surface area (Å²) in [6, 6.07) is 9.02. The van der Waals surface area contributed by atoms with Gasteiger partial charge in [0.05, 0.1) is 38.1 Å². The first-order chi connectivity index (χ1) is 15.6. The summed E-state index contributed by atoms with van der Waals surface area (Å²) in [6.45, 7) is 1.12. The average Bonchev–Trinajstić information content (AvgIpc) is 3.12. The fourth-order valence-electron chi connectivity index (χ4n) is 3.13. The number of anilines is 1. The molecule has 0 bridgehead atoms. The number of ether oxygens (including phenoxy) is 4. The number of carbonyl (C=O) groups excluding carboxylic acids is 1. The Morgan fingerprint density at radius 1 is 1.19 bits per heavy atom. The molecule has 0 radical (unpaired) electrons. The zero-order valence-electron chi connectivity index (χ0n) is 17.5. The van der Waals surface area contributed by atoms with E-state index in [9.17, 15) is 4.79 Å². The normalized spacial score (nSPS) is 13.0. The number of nitrogens with one attached hydrogen (secondary N) is 1. The van der Waals surface area contributed by atoms with Crippen LogP contribution in [0.25, 0.3) is 17.3 Å². The number of hydrogen-bond acceptors (Lipinski definition) is 7. The lowest BCUT2D eigenvalue weighted by Crippen LogP contribution is -2.07. The maximum atomic E-state index is 12.4. The second kappa shape index (κ2) is 9.93. The van der Waals surface area contributed by atoms with E-state index in [1.807, 2.05) is 17.5 Å². The first kappa shape index (κ1) is 22.0. The minimum absolute atomic E-state index is 0.309. The standard InChI is InChI=1S/C23H21ClN2O5S/c1-28-15-5-6-16(19(12-15)29-2)18-13-32-23(25-18)26-21(27)7-4-14-10-17(24)22-20(11-14)30-8-3-9-31-22/h4-7,10-13H,3,8-9H2,1-2H3,(H,25,26,27)/b7-4+. The first-order valence-corrected chi connectivity index (χ1v) is 11.1. The number of fused-ring (bicyclic) bond motifs is 1. The van der Waals surface area contributed by atoms with Crippen LogP contribution in [0, 0.1) is 0 Å². The highest BCUT2D eigenvalue weighted by Crippen LogP contribution is 2.38. The Kier molecular flexibility index (Phi) is 6.82. The number of carbonyl (C=O) groups is 1. The fourth-order valence-corrected chi connectivity index (χ4v) is 4.12. The number of halogens is 1. The molecule has 7 nitrogen and oxygen atoms in total. The van der Waals surface area contributed by atoms with Crippen molar-refractivity contribution < 1.29 is 23.7 Å². The number of methoxy groups -OCH3 is 2. The van der Waals surface area contributed by atoms with Crippen molar-refractivity contribution in [2.45, 2.75) is 6.42 Å². The maximum Gasteiger partial charge on any atom is 0.250 e. The Morgan fingerprint density at radius 2 is 2.03 bits per heavy atom. The Morgan fingerprint density at radius 3 is 2.84 bits per heavy atom. The van der Waals surface area contributed by atoms with Crippen molar-refractivity contribution in [3.8, 4) is 34.3 Å². The van der Waals surface area contributed by atoms with Gasteiger partial charge in [-0.05, 0) is 35.9 Å². The lowest BCUT2D eigenvalue weighted by molar-refractivity contribution is -0.111. The van der Waals surface area contributed by atoms with E-state index in [-0.39, 0.29) is 5.91 Å². The number of hydrogen-bond donors (Lipinski definition) is 1. The molecule has 166 valence electrons. The van der Waals surface area contributed by atoms with Gasteiger partial charge in [-0.3, -0.25) is 10.1 Å². The van der Waals surface area contributed by atoms with Gasteiger partial charge in [0.2, 0.25) is 5.91 Å². The molecule has 0 saturated heterocycles. The van der Waals surface area contributed by atoms with E-state index in [0.717, 1.165) is 17.5 Å². The smallest absolute Gasteiger partial charge is 0.250 e. The molecule has 1 N–H and O–H groups in total. The average molecular weight is 473 g/mol. The SMILES string of the molecule is COc1ccc(-c2csc(NC(=O)/C=C/c3cc(Cl)c4c(c3)OCCCO4)n2)c(OC)c1. The summed E-state index contributed by atoms with van der Waals surface area (Å²) in [4.78, 5) is 16.9. The van der Waals surface area contributed by atoms with E-state index in [1.165, 1.54) is 17.4 Å². The third-order valence-electron chi connectivity index (χ3n) is 4.67. The fraction of sp³-hybridized carbons (Fsp3) is 0.217. The molecule has 1 aliphatic rings. The van der Waals surface area contributed by atoms with Crippen molar-refractivity contribution >= 4 is 40.1 Å². The number of nitrogens with zero attached hydrogens (tertiary/aromatic N) is 1.